The number of thioether (sulfide) groups is 1. The maximum absolute atomic E-state index is 12.7. The Morgan fingerprint density at radius 2 is 2.07 bits per heavy atom. The predicted molar refractivity (Wildman–Crippen MR) is 115 cm³/mol. The normalized spacial score (nSPS) is 17.0. The van der Waals surface area contributed by atoms with Crippen molar-refractivity contribution in [3.8, 4) is 5.69 Å². The van der Waals surface area contributed by atoms with Gasteiger partial charge in [0.15, 0.2) is 10.8 Å². The molecule has 29 heavy (non-hydrogen) atoms. The van der Waals surface area contributed by atoms with Gasteiger partial charge >= 0.3 is 0 Å². The second-order valence-corrected chi connectivity index (χ2v) is 8.40. The molecule has 1 amide bonds. The van der Waals surface area contributed by atoms with Gasteiger partial charge in [0, 0.05) is 12.6 Å². The molecular weight excluding hydrogens is 386 g/mol. The van der Waals surface area contributed by atoms with Crippen LogP contribution < -0.4 is 5.56 Å². The molecule has 8 heteroatoms. The Morgan fingerprint density at radius 1 is 1.28 bits per heavy atom. The summed E-state index contributed by atoms with van der Waals surface area (Å²) in [6, 6.07) is 8.21. The Labute approximate surface area is 173 Å². The number of amides is 1. The molecular formula is C21H25N5O2S. The lowest BCUT2D eigenvalue weighted by atomic mass is 10.0. The van der Waals surface area contributed by atoms with Crippen molar-refractivity contribution in [1.82, 2.24) is 24.6 Å². The van der Waals surface area contributed by atoms with Crippen LogP contribution in [0.5, 0.6) is 0 Å². The molecule has 1 aliphatic rings. The molecule has 3 aromatic rings. The van der Waals surface area contributed by atoms with Gasteiger partial charge in [-0.15, -0.1) is 0 Å². The van der Waals surface area contributed by atoms with E-state index in [0.717, 1.165) is 37.1 Å². The largest absolute Gasteiger partial charge is 0.339 e. The highest BCUT2D eigenvalue weighted by atomic mass is 32.2. The number of hydrogen-bond donors (Lipinski definition) is 1. The van der Waals surface area contributed by atoms with E-state index in [1.165, 1.54) is 24.4 Å². The van der Waals surface area contributed by atoms with E-state index >= 15 is 0 Å². The van der Waals surface area contributed by atoms with Crippen LogP contribution in [0.1, 0.15) is 38.2 Å². The molecule has 1 atom stereocenters. The lowest BCUT2D eigenvalue weighted by Gasteiger charge is -2.35. The summed E-state index contributed by atoms with van der Waals surface area (Å²) in [6.45, 7) is 4.97. The zero-order chi connectivity index (χ0) is 20.4. The van der Waals surface area contributed by atoms with Crippen molar-refractivity contribution in [3.63, 3.8) is 0 Å². The van der Waals surface area contributed by atoms with E-state index < -0.39 is 0 Å². The number of aryl methyl sites for hydroxylation is 1. The van der Waals surface area contributed by atoms with E-state index in [1.54, 1.807) is 4.68 Å². The molecule has 0 radical (unpaired) electrons. The predicted octanol–water partition coefficient (Wildman–Crippen LogP) is 3.30. The van der Waals surface area contributed by atoms with Crippen molar-refractivity contribution in [2.24, 2.45) is 0 Å². The number of rotatable bonds is 5. The molecule has 0 spiro atoms. The highest BCUT2D eigenvalue weighted by molar-refractivity contribution is 7.99. The van der Waals surface area contributed by atoms with Gasteiger partial charge in [0.2, 0.25) is 5.91 Å². The third-order valence-electron chi connectivity index (χ3n) is 5.45. The van der Waals surface area contributed by atoms with Crippen molar-refractivity contribution in [1.29, 1.82) is 0 Å². The maximum atomic E-state index is 12.7. The van der Waals surface area contributed by atoms with Crippen LogP contribution in [0.4, 0.5) is 0 Å². The number of carbonyl (C=O) groups is 1. The zero-order valence-electron chi connectivity index (χ0n) is 16.7. The first-order valence-electron chi connectivity index (χ1n) is 10.0. The van der Waals surface area contributed by atoms with Gasteiger partial charge in [0.25, 0.3) is 5.56 Å². The minimum atomic E-state index is -0.243. The van der Waals surface area contributed by atoms with Gasteiger partial charge in [0.05, 0.1) is 17.6 Å². The van der Waals surface area contributed by atoms with Crippen LogP contribution in [0.25, 0.3) is 16.7 Å². The SMILES string of the molecule is CCC1CCCCN1C(=O)CSc1nc2c(cnn2-c2ccc(C)cc2)c(=O)[nH]1. The van der Waals surface area contributed by atoms with Crippen molar-refractivity contribution >= 4 is 28.7 Å². The number of aromatic amines is 1. The zero-order valence-corrected chi connectivity index (χ0v) is 17.5. The topological polar surface area (TPSA) is 83.9 Å². The number of hydrogen-bond acceptors (Lipinski definition) is 5. The first kappa shape index (κ1) is 19.7. The molecule has 1 N–H and O–H groups in total. The van der Waals surface area contributed by atoms with Gasteiger partial charge in [-0.3, -0.25) is 9.59 Å². The van der Waals surface area contributed by atoms with E-state index in [2.05, 4.69) is 22.0 Å². The van der Waals surface area contributed by atoms with Gasteiger partial charge < -0.3 is 9.88 Å². The lowest BCUT2D eigenvalue weighted by molar-refractivity contribution is -0.132. The molecule has 2 aromatic heterocycles. The summed E-state index contributed by atoms with van der Waals surface area (Å²) in [6.07, 6.45) is 5.82. The fraction of sp³-hybridized carbons (Fsp3) is 0.429. The van der Waals surface area contributed by atoms with Gasteiger partial charge in [-0.2, -0.15) is 5.10 Å². The number of nitrogens with zero attached hydrogens (tertiary/aromatic N) is 4. The monoisotopic (exact) mass is 411 g/mol. The number of nitrogens with one attached hydrogen (secondary N) is 1. The van der Waals surface area contributed by atoms with E-state index in [-0.39, 0.29) is 17.2 Å². The van der Waals surface area contributed by atoms with Gasteiger partial charge in [-0.25, -0.2) is 9.67 Å². The lowest BCUT2D eigenvalue weighted by Crippen LogP contribution is -2.44. The first-order valence-corrected chi connectivity index (χ1v) is 11.0. The van der Waals surface area contributed by atoms with Crippen LogP contribution in [0.15, 0.2) is 40.4 Å². The molecule has 3 heterocycles. The number of fused-ring (bicyclic) bond motifs is 1. The van der Waals surface area contributed by atoms with Crippen LogP contribution in [0.2, 0.25) is 0 Å². The Balaban J connectivity index is 1.56. The molecule has 1 fully saturated rings. The van der Waals surface area contributed by atoms with Gasteiger partial charge in [-0.05, 0) is 44.7 Å². The highest BCUT2D eigenvalue weighted by Crippen LogP contribution is 2.23. The van der Waals surface area contributed by atoms with E-state index in [1.807, 2.05) is 36.1 Å². The molecule has 0 saturated carbocycles. The van der Waals surface area contributed by atoms with Crippen molar-refractivity contribution in [3.05, 3.63) is 46.4 Å². The van der Waals surface area contributed by atoms with E-state index in [4.69, 9.17) is 0 Å². The Bertz CT molecular complexity index is 1070. The van der Waals surface area contributed by atoms with Crippen LogP contribution in [0.3, 0.4) is 0 Å². The van der Waals surface area contributed by atoms with Crippen LogP contribution in [-0.2, 0) is 4.79 Å². The molecule has 0 aliphatic carbocycles. The smallest absolute Gasteiger partial charge is 0.262 e. The third-order valence-corrected chi connectivity index (χ3v) is 6.30. The molecule has 1 saturated heterocycles. The number of piperidine rings is 1. The fourth-order valence-corrected chi connectivity index (χ4v) is 4.55. The minimum absolute atomic E-state index is 0.108. The van der Waals surface area contributed by atoms with Gasteiger partial charge in [-0.1, -0.05) is 36.4 Å². The van der Waals surface area contributed by atoms with Crippen molar-refractivity contribution in [2.45, 2.75) is 50.7 Å². The molecule has 7 nitrogen and oxygen atoms in total. The Kier molecular flexibility index (Phi) is 5.71. The summed E-state index contributed by atoms with van der Waals surface area (Å²) < 4.78 is 1.66. The van der Waals surface area contributed by atoms with Gasteiger partial charge in [0.1, 0.15) is 5.39 Å². The fourth-order valence-electron chi connectivity index (χ4n) is 3.81. The summed E-state index contributed by atoms with van der Waals surface area (Å²) in [7, 11) is 0. The summed E-state index contributed by atoms with van der Waals surface area (Å²) in [5.74, 6) is 0.375. The second-order valence-electron chi connectivity index (χ2n) is 7.43. The molecule has 0 bridgehead atoms. The summed E-state index contributed by atoms with van der Waals surface area (Å²) in [4.78, 5) is 34.6. The van der Waals surface area contributed by atoms with Crippen LogP contribution in [-0.4, -0.2) is 48.9 Å². The van der Waals surface area contributed by atoms with Crippen LogP contribution in [0, 0.1) is 6.92 Å². The highest BCUT2D eigenvalue weighted by Gasteiger charge is 2.25. The molecule has 1 aliphatic heterocycles. The Hall–Kier alpha value is -2.61. The summed E-state index contributed by atoms with van der Waals surface area (Å²) >= 11 is 1.27. The van der Waals surface area contributed by atoms with E-state index in [9.17, 15) is 9.59 Å². The third kappa shape index (κ3) is 4.07. The number of benzene rings is 1. The minimum Gasteiger partial charge on any atom is -0.339 e. The van der Waals surface area contributed by atoms with Crippen molar-refractivity contribution < 1.29 is 4.79 Å². The molecule has 1 aromatic carbocycles. The number of likely N-dealkylation sites (tertiary alicyclic amines) is 1. The second kappa shape index (κ2) is 8.41. The number of carbonyl (C=O) groups excluding carboxylic acids is 1. The van der Waals surface area contributed by atoms with E-state index in [0.29, 0.717) is 22.2 Å². The van der Waals surface area contributed by atoms with Crippen molar-refractivity contribution in [2.75, 3.05) is 12.3 Å². The Morgan fingerprint density at radius 3 is 2.83 bits per heavy atom. The molecule has 1 unspecified atom stereocenters. The summed E-state index contributed by atoms with van der Waals surface area (Å²) in [5.41, 5.74) is 2.24. The number of H-pyrrole nitrogens is 1. The summed E-state index contributed by atoms with van der Waals surface area (Å²) in [5, 5.41) is 5.21. The quantitative estimate of drug-likeness (QED) is 0.514. The average Bonchev–Trinajstić information content (AvgIpc) is 3.17. The van der Waals surface area contributed by atoms with Crippen LogP contribution >= 0.6 is 11.8 Å². The molecule has 4 rings (SSSR count). The maximum Gasteiger partial charge on any atom is 0.262 e. The average molecular weight is 412 g/mol. The number of aromatic nitrogens is 4. The first-order chi connectivity index (χ1) is 14.1. The molecule has 152 valence electrons. The standard InChI is InChI=1S/C21H25N5O2S/c1-3-15-6-4-5-11-25(15)18(27)13-29-21-23-19-17(20(28)24-21)12-22-26(19)16-9-7-14(2)8-10-16/h7-10,12,15H,3-6,11,13H2,1-2H3,(H,23,24,28).